The fourth-order valence-electron chi connectivity index (χ4n) is 1.51. The zero-order chi connectivity index (χ0) is 13.8. The number of hydrogen-bond acceptors (Lipinski definition) is 3. The van der Waals surface area contributed by atoms with E-state index in [-0.39, 0.29) is 6.10 Å². The molecule has 19 heavy (non-hydrogen) atoms. The molecule has 1 heterocycles. The molecule has 0 spiro atoms. The van der Waals surface area contributed by atoms with Crippen LogP contribution >= 0.6 is 23.2 Å². The summed E-state index contributed by atoms with van der Waals surface area (Å²) in [6, 6.07) is 5.26. The van der Waals surface area contributed by atoms with Crippen LogP contribution in [0, 0.1) is 0 Å². The minimum absolute atomic E-state index is 0.0153. The van der Waals surface area contributed by atoms with E-state index in [4.69, 9.17) is 27.9 Å². The second kappa shape index (κ2) is 6.08. The van der Waals surface area contributed by atoms with Crippen molar-refractivity contribution >= 4 is 35.2 Å². The van der Waals surface area contributed by atoms with Crippen LogP contribution in [0.5, 0.6) is 0 Å². The molecule has 0 unspecified atom stereocenters. The molecule has 0 aliphatic heterocycles. The summed E-state index contributed by atoms with van der Waals surface area (Å²) in [5.41, 5.74) is 0.760. The summed E-state index contributed by atoms with van der Waals surface area (Å²) in [4.78, 5) is 3.88. The van der Waals surface area contributed by atoms with Gasteiger partial charge in [-0.25, -0.2) is 9.67 Å². The second-order valence-electron chi connectivity index (χ2n) is 4.16. The summed E-state index contributed by atoms with van der Waals surface area (Å²) >= 11 is 12.1. The topological polar surface area (TPSA) is 39.9 Å². The van der Waals surface area contributed by atoms with Crippen molar-refractivity contribution in [1.29, 1.82) is 0 Å². The summed E-state index contributed by atoms with van der Waals surface area (Å²) in [6.07, 6.45) is 4.77. The molecule has 1 aromatic heterocycles. The Morgan fingerprint density at radius 1 is 1.37 bits per heavy atom. The standard InChI is InChI=1S/C13H13Cl2N3O/c1-9(2)19-13(6-18-8-16-7-17-18)11-4-3-10(14)5-12(11)15/h3-9H,1-2H3. The van der Waals surface area contributed by atoms with Crippen molar-refractivity contribution in [1.82, 2.24) is 14.8 Å². The van der Waals surface area contributed by atoms with E-state index in [1.807, 2.05) is 19.9 Å². The first-order chi connectivity index (χ1) is 9.06. The average molecular weight is 298 g/mol. The summed E-state index contributed by atoms with van der Waals surface area (Å²) < 4.78 is 7.33. The second-order valence-corrected chi connectivity index (χ2v) is 5.00. The van der Waals surface area contributed by atoms with Gasteiger partial charge in [-0.2, -0.15) is 5.10 Å². The molecule has 100 valence electrons. The number of aromatic nitrogens is 3. The average Bonchev–Trinajstić information content (AvgIpc) is 2.80. The number of rotatable bonds is 4. The van der Waals surface area contributed by atoms with E-state index in [1.54, 1.807) is 29.3 Å². The third-order valence-corrected chi connectivity index (χ3v) is 2.79. The Labute approximate surface area is 121 Å². The largest absolute Gasteiger partial charge is 0.489 e. The van der Waals surface area contributed by atoms with Crippen molar-refractivity contribution in [3.05, 3.63) is 46.5 Å². The lowest BCUT2D eigenvalue weighted by molar-refractivity contribution is 0.205. The highest BCUT2D eigenvalue weighted by atomic mass is 35.5. The fourth-order valence-corrected chi connectivity index (χ4v) is 2.01. The van der Waals surface area contributed by atoms with E-state index in [0.29, 0.717) is 15.8 Å². The maximum atomic E-state index is 6.20. The lowest BCUT2D eigenvalue weighted by atomic mass is 10.2. The van der Waals surface area contributed by atoms with Gasteiger partial charge >= 0.3 is 0 Å². The molecule has 0 aliphatic carbocycles. The highest BCUT2D eigenvalue weighted by Gasteiger charge is 2.11. The van der Waals surface area contributed by atoms with Crippen LogP contribution in [-0.2, 0) is 4.74 Å². The normalized spacial score (nSPS) is 11.9. The van der Waals surface area contributed by atoms with Gasteiger partial charge in [0.05, 0.1) is 17.3 Å². The fraction of sp³-hybridized carbons (Fsp3) is 0.231. The van der Waals surface area contributed by atoms with Crippen molar-refractivity contribution in [2.75, 3.05) is 0 Å². The van der Waals surface area contributed by atoms with Crippen LogP contribution in [-0.4, -0.2) is 20.9 Å². The van der Waals surface area contributed by atoms with E-state index >= 15 is 0 Å². The molecule has 0 aliphatic rings. The molecule has 2 aromatic rings. The smallest absolute Gasteiger partial charge is 0.146 e. The lowest BCUT2D eigenvalue weighted by Gasteiger charge is -2.15. The van der Waals surface area contributed by atoms with Gasteiger partial charge in [-0.05, 0) is 32.0 Å². The van der Waals surface area contributed by atoms with Gasteiger partial charge in [0.1, 0.15) is 18.4 Å². The predicted octanol–water partition coefficient (Wildman–Crippen LogP) is 3.97. The third-order valence-electron chi connectivity index (χ3n) is 2.25. The van der Waals surface area contributed by atoms with E-state index in [2.05, 4.69) is 10.1 Å². The third kappa shape index (κ3) is 3.72. The SMILES string of the molecule is CC(C)OC(=Cn1cncn1)c1ccc(Cl)cc1Cl. The van der Waals surface area contributed by atoms with Crippen LogP contribution in [0.15, 0.2) is 30.9 Å². The van der Waals surface area contributed by atoms with Gasteiger partial charge in [0.25, 0.3) is 0 Å². The first-order valence-electron chi connectivity index (χ1n) is 5.74. The molecule has 0 atom stereocenters. The Morgan fingerprint density at radius 3 is 2.74 bits per heavy atom. The monoisotopic (exact) mass is 297 g/mol. The molecular formula is C13H13Cl2N3O. The van der Waals surface area contributed by atoms with Crippen LogP contribution in [0.3, 0.4) is 0 Å². The van der Waals surface area contributed by atoms with Gasteiger partial charge in [0.15, 0.2) is 0 Å². The molecule has 0 radical (unpaired) electrons. The summed E-state index contributed by atoms with van der Waals surface area (Å²) in [7, 11) is 0. The molecule has 1 aromatic carbocycles. The van der Waals surface area contributed by atoms with Crippen LogP contribution < -0.4 is 0 Å². The Bertz CT molecular complexity index is 580. The van der Waals surface area contributed by atoms with E-state index < -0.39 is 0 Å². The summed E-state index contributed by atoms with van der Waals surface area (Å²) in [5.74, 6) is 0.613. The number of benzene rings is 1. The molecule has 0 saturated carbocycles. The Balaban J connectivity index is 2.42. The first kappa shape index (κ1) is 13.9. The van der Waals surface area contributed by atoms with Gasteiger partial charge < -0.3 is 4.74 Å². The van der Waals surface area contributed by atoms with Gasteiger partial charge in [-0.1, -0.05) is 23.2 Å². The minimum atomic E-state index is 0.0153. The van der Waals surface area contributed by atoms with Crippen molar-refractivity contribution in [2.45, 2.75) is 20.0 Å². The number of ether oxygens (including phenoxy) is 1. The van der Waals surface area contributed by atoms with E-state index in [9.17, 15) is 0 Å². The molecule has 0 saturated heterocycles. The molecule has 4 nitrogen and oxygen atoms in total. The van der Waals surface area contributed by atoms with Crippen molar-refractivity contribution < 1.29 is 4.74 Å². The summed E-state index contributed by atoms with van der Waals surface area (Å²) in [5, 5.41) is 5.13. The van der Waals surface area contributed by atoms with Crippen molar-refractivity contribution in [3.63, 3.8) is 0 Å². The maximum absolute atomic E-state index is 6.20. The van der Waals surface area contributed by atoms with Gasteiger partial charge in [-0.3, -0.25) is 0 Å². The zero-order valence-corrected chi connectivity index (χ0v) is 12.1. The number of halogens is 2. The Morgan fingerprint density at radius 2 is 2.16 bits per heavy atom. The maximum Gasteiger partial charge on any atom is 0.146 e. The molecule has 0 N–H and O–H groups in total. The molecule has 2 rings (SSSR count). The van der Waals surface area contributed by atoms with Gasteiger partial charge in [0, 0.05) is 10.6 Å². The zero-order valence-electron chi connectivity index (χ0n) is 10.5. The minimum Gasteiger partial charge on any atom is -0.489 e. The van der Waals surface area contributed by atoms with E-state index in [1.165, 1.54) is 6.33 Å². The van der Waals surface area contributed by atoms with Crippen LogP contribution in [0.1, 0.15) is 19.4 Å². The van der Waals surface area contributed by atoms with Gasteiger partial charge in [0.2, 0.25) is 0 Å². The Hall–Kier alpha value is -1.52. The highest BCUT2D eigenvalue weighted by Crippen LogP contribution is 2.28. The number of nitrogens with zero attached hydrogens (tertiary/aromatic N) is 3. The molecular weight excluding hydrogens is 285 g/mol. The molecule has 0 bridgehead atoms. The lowest BCUT2D eigenvalue weighted by Crippen LogP contribution is -2.04. The van der Waals surface area contributed by atoms with Crippen LogP contribution in [0.2, 0.25) is 10.0 Å². The van der Waals surface area contributed by atoms with Gasteiger partial charge in [-0.15, -0.1) is 0 Å². The number of hydrogen-bond donors (Lipinski definition) is 0. The quantitative estimate of drug-likeness (QED) is 0.802. The first-order valence-corrected chi connectivity index (χ1v) is 6.50. The predicted molar refractivity (Wildman–Crippen MR) is 76.9 cm³/mol. The summed E-state index contributed by atoms with van der Waals surface area (Å²) in [6.45, 7) is 3.89. The van der Waals surface area contributed by atoms with Crippen molar-refractivity contribution in [3.8, 4) is 0 Å². The van der Waals surface area contributed by atoms with E-state index in [0.717, 1.165) is 5.56 Å². The van der Waals surface area contributed by atoms with Crippen LogP contribution in [0.4, 0.5) is 0 Å². The Kier molecular flexibility index (Phi) is 4.45. The van der Waals surface area contributed by atoms with Crippen molar-refractivity contribution in [2.24, 2.45) is 0 Å². The molecule has 6 heteroatoms. The molecule has 0 fully saturated rings. The highest BCUT2D eigenvalue weighted by molar-refractivity contribution is 6.35. The molecule has 0 amide bonds. The van der Waals surface area contributed by atoms with Crippen LogP contribution in [0.25, 0.3) is 12.0 Å².